The van der Waals surface area contributed by atoms with Crippen LogP contribution in [0.1, 0.15) is 13.8 Å². The van der Waals surface area contributed by atoms with Crippen molar-refractivity contribution < 1.29 is 9.72 Å². The first-order valence-corrected chi connectivity index (χ1v) is 5.70. The molecule has 3 N–H and O–H groups in total. The van der Waals surface area contributed by atoms with E-state index >= 15 is 0 Å². The number of benzene rings is 1. The summed E-state index contributed by atoms with van der Waals surface area (Å²) in [5.74, 6) is -0.520. The molecule has 0 saturated carbocycles. The minimum atomic E-state index is -0.580. The molecule has 1 atom stereocenters. The molecule has 0 heterocycles. The van der Waals surface area contributed by atoms with Crippen LogP contribution in [0.25, 0.3) is 0 Å². The van der Waals surface area contributed by atoms with Crippen molar-refractivity contribution in [3.63, 3.8) is 0 Å². The standard InChI is InChI=1S/C11H14ClN3O3/c1-6(2)10(11(13)16)14-9-4-3-7(15(17)18)5-8(9)12/h3-6,10,14H,1-2H3,(H2,13,16). The maximum Gasteiger partial charge on any atom is 0.271 e. The summed E-state index contributed by atoms with van der Waals surface area (Å²) in [6, 6.07) is 3.41. The summed E-state index contributed by atoms with van der Waals surface area (Å²) >= 11 is 5.91. The van der Waals surface area contributed by atoms with Crippen molar-refractivity contribution in [2.45, 2.75) is 19.9 Å². The number of amides is 1. The van der Waals surface area contributed by atoms with E-state index < -0.39 is 16.9 Å². The number of halogens is 1. The number of hydrogen-bond donors (Lipinski definition) is 2. The molecule has 0 radical (unpaired) electrons. The van der Waals surface area contributed by atoms with E-state index in [0.29, 0.717) is 5.69 Å². The predicted molar refractivity (Wildman–Crippen MR) is 69.5 cm³/mol. The molecule has 18 heavy (non-hydrogen) atoms. The van der Waals surface area contributed by atoms with E-state index in [1.54, 1.807) is 0 Å². The van der Waals surface area contributed by atoms with Crippen LogP contribution in [0.5, 0.6) is 0 Å². The highest BCUT2D eigenvalue weighted by Gasteiger charge is 2.20. The number of rotatable bonds is 5. The van der Waals surface area contributed by atoms with E-state index in [1.807, 2.05) is 13.8 Å². The highest BCUT2D eigenvalue weighted by Crippen LogP contribution is 2.27. The van der Waals surface area contributed by atoms with E-state index in [0.717, 1.165) is 0 Å². The van der Waals surface area contributed by atoms with E-state index in [1.165, 1.54) is 18.2 Å². The highest BCUT2D eigenvalue weighted by molar-refractivity contribution is 6.33. The molecule has 0 aliphatic carbocycles. The van der Waals surface area contributed by atoms with E-state index in [2.05, 4.69) is 5.32 Å². The van der Waals surface area contributed by atoms with Crippen LogP contribution in [-0.4, -0.2) is 16.9 Å². The Kier molecular flexibility index (Phi) is 4.49. The molecule has 0 aromatic heterocycles. The summed E-state index contributed by atoms with van der Waals surface area (Å²) < 4.78 is 0. The minimum Gasteiger partial charge on any atom is -0.372 e. The van der Waals surface area contributed by atoms with Crippen LogP contribution in [0.15, 0.2) is 18.2 Å². The molecule has 1 aromatic carbocycles. The SMILES string of the molecule is CC(C)C(Nc1ccc([N+](=O)[O-])cc1Cl)C(N)=O. The Hall–Kier alpha value is -1.82. The topological polar surface area (TPSA) is 98.3 Å². The molecule has 1 aromatic rings. The lowest BCUT2D eigenvalue weighted by Crippen LogP contribution is -2.39. The molecule has 6 nitrogen and oxygen atoms in total. The summed E-state index contributed by atoms with van der Waals surface area (Å²) in [5.41, 5.74) is 5.60. The fourth-order valence-corrected chi connectivity index (χ4v) is 1.70. The van der Waals surface area contributed by atoms with Crippen molar-refractivity contribution in [1.29, 1.82) is 0 Å². The Morgan fingerprint density at radius 1 is 1.50 bits per heavy atom. The Labute approximate surface area is 109 Å². The second-order valence-electron chi connectivity index (χ2n) is 4.19. The molecular weight excluding hydrogens is 258 g/mol. The average molecular weight is 272 g/mol. The molecule has 1 rings (SSSR count). The van der Waals surface area contributed by atoms with Crippen molar-refractivity contribution >= 4 is 28.9 Å². The van der Waals surface area contributed by atoms with Crippen molar-refractivity contribution in [3.05, 3.63) is 33.3 Å². The monoisotopic (exact) mass is 271 g/mol. The molecule has 0 aliphatic heterocycles. The molecular formula is C11H14ClN3O3. The molecule has 0 fully saturated rings. The third-order valence-corrected chi connectivity index (χ3v) is 2.76. The number of primary amides is 1. The second-order valence-corrected chi connectivity index (χ2v) is 4.60. The Balaban J connectivity index is 2.97. The first-order chi connectivity index (χ1) is 8.32. The number of anilines is 1. The van der Waals surface area contributed by atoms with Crippen molar-refractivity contribution in [1.82, 2.24) is 0 Å². The van der Waals surface area contributed by atoms with Gasteiger partial charge in [0.2, 0.25) is 5.91 Å². The average Bonchev–Trinajstić information content (AvgIpc) is 2.25. The number of non-ortho nitro benzene ring substituents is 1. The van der Waals surface area contributed by atoms with Crippen molar-refractivity contribution in [2.24, 2.45) is 11.7 Å². The minimum absolute atomic E-state index is 0.0197. The number of nitrogens with one attached hydrogen (secondary N) is 1. The van der Waals surface area contributed by atoms with Gasteiger partial charge < -0.3 is 11.1 Å². The van der Waals surface area contributed by atoms with Gasteiger partial charge in [-0.2, -0.15) is 0 Å². The van der Waals surface area contributed by atoms with E-state index in [-0.39, 0.29) is 16.6 Å². The van der Waals surface area contributed by atoms with Crippen LogP contribution in [0, 0.1) is 16.0 Å². The lowest BCUT2D eigenvalue weighted by atomic mass is 10.0. The molecule has 7 heteroatoms. The fraction of sp³-hybridized carbons (Fsp3) is 0.364. The number of nitrogens with two attached hydrogens (primary N) is 1. The van der Waals surface area contributed by atoms with Gasteiger partial charge in [0.05, 0.1) is 15.6 Å². The number of carbonyl (C=O) groups excluding carboxylic acids is 1. The molecule has 98 valence electrons. The van der Waals surface area contributed by atoms with Gasteiger partial charge in [-0.15, -0.1) is 0 Å². The first-order valence-electron chi connectivity index (χ1n) is 5.32. The number of nitrogens with zero attached hydrogens (tertiary/aromatic N) is 1. The quantitative estimate of drug-likeness (QED) is 0.633. The van der Waals surface area contributed by atoms with Gasteiger partial charge in [-0.05, 0) is 12.0 Å². The van der Waals surface area contributed by atoms with Crippen LogP contribution in [0.4, 0.5) is 11.4 Å². The van der Waals surface area contributed by atoms with Crippen LogP contribution in [0.2, 0.25) is 5.02 Å². The fourth-order valence-electron chi connectivity index (χ4n) is 1.47. The summed E-state index contributed by atoms with van der Waals surface area (Å²) in [6.07, 6.45) is 0. The summed E-state index contributed by atoms with van der Waals surface area (Å²) in [5, 5.41) is 13.6. The van der Waals surface area contributed by atoms with Crippen molar-refractivity contribution in [3.8, 4) is 0 Å². The summed E-state index contributed by atoms with van der Waals surface area (Å²) in [6.45, 7) is 3.67. The number of hydrogen-bond acceptors (Lipinski definition) is 4. The van der Waals surface area contributed by atoms with Crippen LogP contribution in [0.3, 0.4) is 0 Å². The van der Waals surface area contributed by atoms with E-state index in [4.69, 9.17) is 17.3 Å². The molecule has 0 bridgehead atoms. The molecule has 0 saturated heterocycles. The Morgan fingerprint density at radius 3 is 2.50 bits per heavy atom. The highest BCUT2D eigenvalue weighted by atomic mass is 35.5. The maximum absolute atomic E-state index is 11.2. The molecule has 1 unspecified atom stereocenters. The van der Waals surface area contributed by atoms with Gasteiger partial charge in [-0.3, -0.25) is 14.9 Å². The maximum atomic E-state index is 11.2. The third-order valence-electron chi connectivity index (χ3n) is 2.45. The first kappa shape index (κ1) is 14.2. The third kappa shape index (κ3) is 3.33. The molecule has 0 spiro atoms. The summed E-state index contributed by atoms with van der Waals surface area (Å²) in [7, 11) is 0. The molecule has 1 amide bonds. The second kappa shape index (κ2) is 5.68. The van der Waals surface area contributed by atoms with Crippen LogP contribution in [-0.2, 0) is 4.79 Å². The zero-order valence-corrected chi connectivity index (χ0v) is 10.8. The van der Waals surface area contributed by atoms with Gasteiger partial charge in [0.15, 0.2) is 0 Å². The summed E-state index contributed by atoms with van der Waals surface area (Å²) in [4.78, 5) is 21.3. The normalized spacial score (nSPS) is 12.2. The van der Waals surface area contributed by atoms with Gasteiger partial charge in [0.1, 0.15) is 6.04 Å². The smallest absolute Gasteiger partial charge is 0.271 e. The molecule has 0 aliphatic rings. The Morgan fingerprint density at radius 2 is 2.11 bits per heavy atom. The lowest BCUT2D eigenvalue weighted by Gasteiger charge is -2.20. The largest absolute Gasteiger partial charge is 0.372 e. The van der Waals surface area contributed by atoms with Gasteiger partial charge in [0, 0.05) is 12.1 Å². The van der Waals surface area contributed by atoms with Crippen LogP contribution >= 0.6 is 11.6 Å². The van der Waals surface area contributed by atoms with E-state index in [9.17, 15) is 14.9 Å². The van der Waals surface area contributed by atoms with Crippen molar-refractivity contribution in [2.75, 3.05) is 5.32 Å². The number of carbonyl (C=O) groups is 1. The zero-order valence-electron chi connectivity index (χ0n) is 10.0. The van der Waals surface area contributed by atoms with Gasteiger partial charge in [0.25, 0.3) is 5.69 Å². The van der Waals surface area contributed by atoms with Crippen LogP contribution < -0.4 is 11.1 Å². The lowest BCUT2D eigenvalue weighted by molar-refractivity contribution is -0.384. The van der Waals surface area contributed by atoms with Gasteiger partial charge in [-0.25, -0.2) is 0 Å². The predicted octanol–water partition coefficient (Wildman–Crippen LogP) is 2.17. The Bertz CT molecular complexity index is 477. The van der Waals surface area contributed by atoms with Gasteiger partial charge in [-0.1, -0.05) is 25.4 Å². The number of nitro groups is 1. The van der Waals surface area contributed by atoms with Gasteiger partial charge >= 0.3 is 0 Å². The number of nitro benzene ring substituents is 1. The zero-order chi connectivity index (χ0) is 13.9.